The molecule has 0 aromatic heterocycles. The molecule has 0 saturated heterocycles. The average molecular weight is 411 g/mol. The molecule has 0 fully saturated rings. The molecule has 1 atom stereocenters. The Morgan fingerprint density at radius 2 is 1.92 bits per heavy atom. The minimum atomic E-state index is -4.55. The van der Waals surface area contributed by atoms with Crippen LogP contribution in [0.3, 0.4) is 0 Å². The highest BCUT2D eigenvalue weighted by atomic mass is 79.9. The Bertz CT molecular complexity index is 606. The number of anilines is 1. The number of ether oxygens (including phenoxy) is 1. The molecule has 1 unspecified atom stereocenters. The molecule has 2 N–H and O–H groups in total. The molecule has 0 aliphatic rings. The SMILES string of the molecule is COC(=O)NC(CC(C)C)C(=O)Nc1ccc(Br)c(C(F)(F)F)c1. The van der Waals surface area contributed by atoms with E-state index in [1.807, 2.05) is 13.8 Å². The molecule has 24 heavy (non-hydrogen) atoms. The standard InChI is InChI=1S/C15H18BrF3N2O3/c1-8(2)6-12(21-14(23)24-3)13(22)20-9-4-5-11(16)10(7-9)15(17,18)19/h4-5,7-8,12H,6H2,1-3H3,(H,20,22)(H,21,23). The number of carbonyl (C=O) groups excluding carboxylic acids is 2. The Labute approximate surface area is 146 Å². The van der Waals surface area contributed by atoms with E-state index in [9.17, 15) is 22.8 Å². The summed E-state index contributed by atoms with van der Waals surface area (Å²) in [5.41, 5.74) is -0.919. The van der Waals surface area contributed by atoms with Crippen molar-refractivity contribution in [3.05, 3.63) is 28.2 Å². The molecule has 1 rings (SSSR count). The second-order valence-electron chi connectivity index (χ2n) is 5.50. The number of nitrogens with one attached hydrogen (secondary N) is 2. The lowest BCUT2D eigenvalue weighted by Crippen LogP contribution is -2.44. The molecule has 0 bridgehead atoms. The van der Waals surface area contributed by atoms with Gasteiger partial charge in [0.1, 0.15) is 6.04 Å². The van der Waals surface area contributed by atoms with Gasteiger partial charge in [-0.2, -0.15) is 13.2 Å². The lowest BCUT2D eigenvalue weighted by atomic mass is 10.0. The third-order valence-corrected chi connectivity index (χ3v) is 3.73. The normalized spacial score (nSPS) is 12.7. The van der Waals surface area contributed by atoms with Crippen molar-refractivity contribution in [2.24, 2.45) is 5.92 Å². The summed E-state index contributed by atoms with van der Waals surface area (Å²) in [4.78, 5) is 23.6. The first kappa shape index (κ1) is 20.3. The molecular formula is C15H18BrF3N2O3. The number of carbonyl (C=O) groups is 2. The van der Waals surface area contributed by atoms with Crippen molar-refractivity contribution in [3.8, 4) is 0 Å². The zero-order valence-electron chi connectivity index (χ0n) is 13.3. The summed E-state index contributed by atoms with van der Waals surface area (Å²) in [5, 5.41) is 4.76. The summed E-state index contributed by atoms with van der Waals surface area (Å²) in [6, 6.07) is 2.44. The van der Waals surface area contributed by atoms with Crippen LogP contribution in [0.2, 0.25) is 0 Å². The first-order valence-corrected chi connectivity index (χ1v) is 7.86. The van der Waals surface area contributed by atoms with E-state index in [2.05, 4.69) is 31.3 Å². The maximum absolute atomic E-state index is 12.9. The Balaban J connectivity index is 2.96. The van der Waals surface area contributed by atoms with Gasteiger partial charge < -0.3 is 15.4 Å². The van der Waals surface area contributed by atoms with Crippen molar-refractivity contribution >= 4 is 33.6 Å². The second-order valence-corrected chi connectivity index (χ2v) is 6.35. The second kappa shape index (κ2) is 8.36. The topological polar surface area (TPSA) is 67.4 Å². The van der Waals surface area contributed by atoms with Crippen LogP contribution >= 0.6 is 15.9 Å². The van der Waals surface area contributed by atoms with Crippen molar-refractivity contribution in [1.82, 2.24) is 5.32 Å². The van der Waals surface area contributed by atoms with E-state index in [0.717, 1.165) is 13.2 Å². The van der Waals surface area contributed by atoms with Crippen LogP contribution in [0.25, 0.3) is 0 Å². The van der Waals surface area contributed by atoms with Gasteiger partial charge in [0.05, 0.1) is 12.7 Å². The predicted octanol–water partition coefficient (Wildman–Crippen LogP) is 4.18. The van der Waals surface area contributed by atoms with Gasteiger partial charge in [0.2, 0.25) is 5.91 Å². The first-order chi connectivity index (χ1) is 11.0. The fourth-order valence-corrected chi connectivity index (χ4v) is 2.43. The molecule has 0 aliphatic heterocycles. The van der Waals surface area contributed by atoms with Gasteiger partial charge in [0, 0.05) is 10.2 Å². The summed E-state index contributed by atoms with van der Waals surface area (Å²) in [6.07, 6.45) is -5.03. The molecule has 1 aromatic carbocycles. The van der Waals surface area contributed by atoms with Crippen molar-refractivity contribution in [2.45, 2.75) is 32.5 Å². The smallest absolute Gasteiger partial charge is 0.417 e. The van der Waals surface area contributed by atoms with Gasteiger partial charge in [-0.05, 0) is 30.5 Å². The number of alkyl halides is 3. The van der Waals surface area contributed by atoms with Gasteiger partial charge in [-0.3, -0.25) is 4.79 Å². The van der Waals surface area contributed by atoms with Crippen LogP contribution in [0, 0.1) is 5.92 Å². The zero-order chi connectivity index (χ0) is 18.5. The molecule has 0 saturated carbocycles. The van der Waals surface area contributed by atoms with E-state index in [-0.39, 0.29) is 16.1 Å². The number of halogens is 4. The monoisotopic (exact) mass is 410 g/mol. The molecule has 0 aliphatic carbocycles. The Morgan fingerprint density at radius 1 is 1.29 bits per heavy atom. The third-order valence-electron chi connectivity index (χ3n) is 3.04. The van der Waals surface area contributed by atoms with Gasteiger partial charge in [-0.25, -0.2) is 4.79 Å². The molecule has 2 amide bonds. The van der Waals surface area contributed by atoms with Crippen molar-refractivity contribution in [2.75, 3.05) is 12.4 Å². The van der Waals surface area contributed by atoms with Crippen LogP contribution < -0.4 is 10.6 Å². The minimum absolute atomic E-state index is 0.0176. The Hall–Kier alpha value is -1.77. The average Bonchev–Trinajstić information content (AvgIpc) is 2.46. The molecule has 0 heterocycles. The molecule has 134 valence electrons. The number of alkyl carbamates (subject to hydrolysis) is 1. The maximum Gasteiger partial charge on any atom is 0.417 e. The molecule has 0 radical (unpaired) electrons. The molecule has 0 spiro atoms. The van der Waals surface area contributed by atoms with E-state index >= 15 is 0 Å². The fraction of sp³-hybridized carbons (Fsp3) is 0.467. The van der Waals surface area contributed by atoms with Gasteiger partial charge in [0.15, 0.2) is 0 Å². The highest BCUT2D eigenvalue weighted by Gasteiger charge is 2.33. The maximum atomic E-state index is 12.9. The van der Waals surface area contributed by atoms with E-state index < -0.39 is 29.8 Å². The quantitative estimate of drug-likeness (QED) is 0.764. The summed E-state index contributed by atoms with van der Waals surface area (Å²) in [5.74, 6) is -0.543. The number of hydrogen-bond donors (Lipinski definition) is 2. The highest BCUT2D eigenvalue weighted by molar-refractivity contribution is 9.10. The molecule has 9 heteroatoms. The highest BCUT2D eigenvalue weighted by Crippen LogP contribution is 2.36. The van der Waals surface area contributed by atoms with Crippen LogP contribution in [-0.4, -0.2) is 25.2 Å². The molecule has 5 nitrogen and oxygen atoms in total. The van der Waals surface area contributed by atoms with Gasteiger partial charge in [0.25, 0.3) is 0 Å². The minimum Gasteiger partial charge on any atom is -0.453 e. The van der Waals surface area contributed by atoms with Crippen molar-refractivity contribution < 1.29 is 27.5 Å². The van der Waals surface area contributed by atoms with Gasteiger partial charge in [-0.15, -0.1) is 0 Å². The lowest BCUT2D eigenvalue weighted by molar-refractivity contribution is -0.138. The van der Waals surface area contributed by atoms with E-state index in [4.69, 9.17) is 0 Å². The summed E-state index contributed by atoms with van der Waals surface area (Å²) in [7, 11) is 1.16. The fourth-order valence-electron chi connectivity index (χ4n) is 1.95. The Kier molecular flexibility index (Phi) is 7.07. The van der Waals surface area contributed by atoms with E-state index in [1.54, 1.807) is 0 Å². The van der Waals surface area contributed by atoms with Crippen molar-refractivity contribution in [3.63, 3.8) is 0 Å². The van der Waals surface area contributed by atoms with Crippen LogP contribution in [0.1, 0.15) is 25.8 Å². The van der Waals surface area contributed by atoms with E-state index in [1.165, 1.54) is 12.1 Å². The van der Waals surface area contributed by atoms with E-state index in [0.29, 0.717) is 6.42 Å². The van der Waals surface area contributed by atoms with Crippen LogP contribution in [0.5, 0.6) is 0 Å². The largest absolute Gasteiger partial charge is 0.453 e. The number of rotatable bonds is 5. The number of methoxy groups -OCH3 is 1. The van der Waals surface area contributed by atoms with Crippen LogP contribution in [-0.2, 0) is 15.7 Å². The first-order valence-electron chi connectivity index (χ1n) is 7.06. The van der Waals surface area contributed by atoms with Gasteiger partial charge >= 0.3 is 12.3 Å². The molecular weight excluding hydrogens is 393 g/mol. The van der Waals surface area contributed by atoms with Gasteiger partial charge in [-0.1, -0.05) is 29.8 Å². The van der Waals surface area contributed by atoms with Crippen LogP contribution in [0.15, 0.2) is 22.7 Å². The lowest BCUT2D eigenvalue weighted by Gasteiger charge is -2.20. The number of hydrogen-bond acceptors (Lipinski definition) is 3. The summed E-state index contributed by atoms with van der Waals surface area (Å²) in [6.45, 7) is 3.70. The number of amides is 2. The summed E-state index contributed by atoms with van der Waals surface area (Å²) >= 11 is 2.83. The van der Waals surface area contributed by atoms with Crippen LogP contribution in [0.4, 0.5) is 23.7 Å². The zero-order valence-corrected chi connectivity index (χ0v) is 14.9. The summed E-state index contributed by atoms with van der Waals surface area (Å²) < 4.78 is 43.0. The third kappa shape index (κ3) is 6.03. The number of benzene rings is 1. The van der Waals surface area contributed by atoms with Crippen molar-refractivity contribution in [1.29, 1.82) is 0 Å². The molecule has 1 aromatic rings. The Morgan fingerprint density at radius 3 is 2.42 bits per heavy atom. The predicted molar refractivity (Wildman–Crippen MR) is 86.6 cm³/mol.